The van der Waals surface area contributed by atoms with Crippen LogP contribution in [0.5, 0.6) is 0 Å². The van der Waals surface area contributed by atoms with E-state index in [1.165, 1.54) is 6.92 Å². The van der Waals surface area contributed by atoms with E-state index in [1.54, 1.807) is 0 Å². The second-order valence-electron chi connectivity index (χ2n) is 7.31. The molecule has 0 radical (unpaired) electrons. The van der Waals surface area contributed by atoms with Gasteiger partial charge in [-0.2, -0.15) is 0 Å². The van der Waals surface area contributed by atoms with E-state index in [0.29, 0.717) is 0 Å². The molecule has 5 rings (SSSR count). The first kappa shape index (κ1) is 19.6. The summed E-state index contributed by atoms with van der Waals surface area (Å²) < 4.78 is 0.990. The first-order valence-corrected chi connectivity index (χ1v) is 11.1. The first-order chi connectivity index (χ1) is 15.1. The Labute approximate surface area is 195 Å². The molecule has 1 amide bonds. The summed E-state index contributed by atoms with van der Waals surface area (Å²) in [5.74, 6) is -0.0831. The number of nitrogens with zero attached hydrogens (tertiary/aromatic N) is 2. The normalized spacial score (nSPS) is 12.2. The number of anilines is 7. The Hall–Kier alpha value is -3.32. The Morgan fingerprint density at radius 1 is 0.677 bits per heavy atom. The molecule has 0 aromatic heterocycles. The first-order valence-electron chi connectivity index (χ1n) is 10.0. The molecule has 4 nitrogen and oxygen atoms in total. The van der Waals surface area contributed by atoms with Crippen molar-refractivity contribution >= 4 is 68.3 Å². The molecule has 4 aromatic carbocycles. The molecule has 0 atom stereocenters. The number of amides is 1. The molecule has 0 saturated carbocycles. The van der Waals surface area contributed by atoms with Crippen molar-refractivity contribution in [3.63, 3.8) is 0 Å². The highest BCUT2D eigenvalue weighted by Crippen LogP contribution is 2.56. The van der Waals surface area contributed by atoms with Crippen LogP contribution >= 0.6 is 22.6 Å². The highest BCUT2D eigenvalue weighted by atomic mass is 127. The number of para-hydroxylation sites is 4. The van der Waals surface area contributed by atoms with Gasteiger partial charge in [0.2, 0.25) is 5.91 Å². The SMILES string of the molecule is CC(=O)Nc1ccc2c(c1I)N(c1ccccc1)c1ccccc1N2c1ccccc1. The van der Waals surface area contributed by atoms with Crippen LogP contribution in [-0.4, -0.2) is 5.91 Å². The van der Waals surface area contributed by atoms with E-state index in [0.717, 1.165) is 43.4 Å². The molecule has 0 aliphatic carbocycles. The van der Waals surface area contributed by atoms with Crippen LogP contribution in [-0.2, 0) is 4.79 Å². The van der Waals surface area contributed by atoms with Crippen LogP contribution in [0, 0.1) is 3.57 Å². The van der Waals surface area contributed by atoms with Crippen molar-refractivity contribution in [3.05, 3.63) is 101 Å². The number of nitrogens with one attached hydrogen (secondary N) is 1. The summed E-state index contributed by atoms with van der Waals surface area (Å²) in [6, 6.07) is 33.2. The summed E-state index contributed by atoms with van der Waals surface area (Å²) in [5, 5.41) is 2.98. The molecule has 5 heteroatoms. The van der Waals surface area contributed by atoms with E-state index in [-0.39, 0.29) is 5.91 Å². The van der Waals surface area contributed by atoms with Crippen LogP contribution in [0.1, 0.15) is 6.92 Å². The molecular weight excluding hydrogens is 497 g/mol. The number of carbonyl (C=O) groups is 1. The number of rotatable bonds is 3. The van der Waals surface area contributed by atoms with Gasteiger partial charge in [-0.05, 0) is 71.1 Å². The van der Waals surface area contributed by atoms with Crippen LogP contribution in [0.25, 0.3) is 0 Å². The van der Waals surface area contributed by atoms with Gasteiger partial charge in [-0.3, -0.25) is 4.79 Å². The maximum Gasteiger partial charge on any atom is 0.221 e. The third-order valence-corrected chi connectivity index (χ3v) is 6.35. The maximum atomic E-state index is 11.8. The predicted octanol–water partition coefficient (Wildman–Crippen LogP) is 7.50. The van der Waals surface area contributed by atoms with Crippen LogP contribution in [0.3, 0.4) is 0 Å². The van der Waals surface area contributed by atoms with Crippen LogP contribution < -0.4 is 15.1 Å². The van der Waals surface area contributed by atoms with Crippen LogP contribution in [0.15, 0.2) is 97.1 Å². The smallest absolute Gasteiger partial charge is 0.221 e. The number of halogens is 1. The lowest BCUT2D eigenvalue weighted by molar-refractivity contribution is -0.114. The number of fused-ring (bicyclic) bond motifs is 2. The zero-order chi connectivity index (χ0) is 21.4. The summed E-state index contributed by atoms with van der Waals surface area (Å²) in [6.45, 7) is 1.54. The Morgan fingerprint density at radius 2 is 1.19 bits per heavy atom. The fourth-order valence-corrected chi connectivity index (χ4v) is 4.86. The Kier molecular flexibility index (Phi) is 5.11. The Morgan fingerprint density at radius 3 is 1.77 bits per heavy atom. The average Bonchev–Trinajstić information content (AvgIpc) is 2.80. The van der Waals surface area contributed by atoms with Crippen molar-refractivity contribution in [2.75, 3.05) is 15.1 Å². The van der Waals surface area contributed by atoms with Crippen molar-refractivity contribution in [1.82, 2.24) is 0 Å². The number of benzene rings is 4. The highest BCUT2D eigenvalue weighted by Gasteiger charge is 2.32. The Balaban J connectivity index is 1.83. The molecule has 31 heavy (non-hydrogen) atoms. The Bertz CT molecular complexity index is 1260. The summed E-state index contributed by atoms with van der Waals surface area (Å²) >= 11 is 2.34. The molecule has 0 saturated heterocycles. The zero-order valence-corrected chi connectivity index (χ0v) is 19.1. The zero-order valence-electron chi connectivity index (χ0n) is 16.9. The topological polar surface area (TPSA) is 35.6 Å². The third-order valence-electron chi connectivity index (χ3n) is 5.26. The van der Waals surface area contributed by atoms with Crippen molar-refractivity contribution in [2.24, 2.45) is 0 Å². The summed E-state index contributed by atoms with van der Waals surface area (Å²) in [4.78, 5) is 16.4. The van der Waals surface area contributed by atoms with E-state index < -0.39 is 0 Å². The van der Waals surface area contributed by atoms with Crippen molar-refractivity contribution < 1.29 is 4.79 Å². The largest absolute Gasteiger partial charge is 0.325 e. The molecule has 1 heterocycles. The maximum absolute atomic E-state index is 11.8. The minimum atomic E-state index is -0.0831. The van der Waals surface area contributed by atoms with Gasteiger partial charge in [0.25, 0.3) is 0 Å². The molecule has 152 valence electrons. The summed E-state index contributed by atoms with van der Waals surface area (Å²) in [5.41, 5.74) is 7.26. The molecular formula is C26H20IN3O. The second kappa shape index (κ2) is 8.07. The molecule has 1 N–H and O–H groups in total. The van der Waals surface area contributed by atoms with E-state index in [4.69, 9.17) is 0 Å². The molecule has 1 aliphatic rings. The van der Waals surface area contributed by atoms with Crippen LogP contribution in [0.4, 0.5) is 39.8 Å². The predicted molar refractivity (Wildman–Crippen MR) is 136 cm³/mol. The van der Waals surface area contributed by atoms with Gasteiger partial charge in [0, 0.05) is 18.3 Å². The van der Waals surface area contributed by atoms with Gasteiger partial charge in [-0.15, -0.1) is 0 Å². The summed E-state index contributed by atoms with van der Waals surface area (Å²) in [6.07, 6.45) is 0. The van der Waals surface area contributed by atoms with Gasteiger partial charge in [-0.1, -0.05) is 48.5 Å². The van der Waals surface area contributed by atoms with Gasteiger partial charge in [-0.25, -0.2) is 0 Å². The molecule has 0 fully saturated rings. The minimum Gasteiger partial charge on any atom is -0.325 e. The van der Waals surface area contributed by atoms with Gasteiger partial charge >= 0.3 is 0 Å². The molecule has 4 aromatic rings. The minimum absolute atomic E-state index is 0.0831. The molecule has 0 bridgehead atoms. The quantitative estimate of drug-likeness (QED) is 0.252. The van der Waals surface area contributed by atoms with Crippen LogP contribution in [0.2, 0.25) is 0 Å². The molecule has 0 spiro atoms. The van der Waals surface area contributed by atoms with E-state index in [9.17, 15) is 4.79 Å². The molecule has 0 unspecified atom stereocenters. The number of hydrogen-bond donors (Lipinski definition) is 1. The summed E-state index contributed by atoms with van der Waals surface area (Å²) in [7, 11) is 0. The molecule has 1 aliphatic heterocycles. The number of carbonyl (C=O) groups excluding carboxylic acids is 1. The van der Waals surface area contributed by atoms with Gasteiger partial charge < -0.3 is 15.1 Å². The van der Waals surface area contributed by atoms with Crippen molar-refractivity contribution in [2.45, 2.75) is 6.92 Å². The fourth-order valence-electron chi connectivity index (χ4n) is 4.03. The average molecular weight is 517 g/mol. The van der Waals surface area contributed by atoms with Crippen molar-refractivity contribution in [1.29, 1.82) is 0 Å². The number of hydrogen-bond acceptors (Lipinski definition) is 3. The second-order valence-corrected chi connectivity index (χ2v) is 8.39. The van der Waals surface area contributed by atoms with E-state index in [2.05, 4.69) is 104 Å². The third kappa shape index (κ3) is 3.45. The lowest BCUT2D eigenvalue weighted by Gasteiger charge is -2.41. The fraction of sp³-hybridized carbons (Fsp3) is 0.0385. The van der Waals surface area contributed by atoms with Gasteiger partial charge in [0.05, 0.1) is 32.0 Å². The monoisotopic (exact) mass is 517 g/mol. The lowest BCUT2D eigenvalue weighted by atomic mass is 10.0. The lowest BCUT2D eigenvalue weighted by Crippen LogP contribution is -2.25. The highest BCUT2D eigenvalue weighted by molar-refractivity contribution is 14.1. The van der Waals surface area contributed by atoms with E-state index >= 15 is 0 Å². The van der Waals surface area contributed by atoms with Gasteiger partial charge in [0.1, 0.15) is 0 Å². The van der Waals surface area contributed by atoms with Crippen molar-refractivity contribution in [3.8, 4) is 0 Å². The van der Waals surface area contributed by atoms with E-state index in [1.807, 2.05) is 30.3 Å². The standard InChI is InChI=1S/C26H20IN3O/c1-18(31)28-21-16-17-24-26(25(21)27)30(20-12-6-3-7-13-20)23-15-9-8-14-22(23)29(24)19-10-4-2-5-11-19/h2-17H,1H3,(H,28,31). The van der Waals surface area contributed by atoms with Gasteiger partial charge in [0.15, 0.2) is 0 Å².